The van der Waals surface area contributed by atoms with Gasteiger partial charge in [-0.2, -0.15) is 0 Å². The van der Waals surface area contributed by atoms with Crippen molar-refractivity contribution in [3.8, 4) is 5.75 Å². The maximum atomic E-state index is 13.2. The van der Waals surface area contributed by atoms with Crippen LogP contribution in [-0.2, 0) is 20.9 Å². The van der Waals surface area contributed by atoms with E-state index in [4.69, 9.17) is 9.47 Å². The summed E-state index contributed by atoms with van der Waals surface area (Å²) in [6.07, 6.45) is 0.673. The number of esters is 1. The van der Waals surface area contributed by atoms with Gasteiger partial charge in [0.15, 0.2) is 6.61 Å². The van der Waals surface area contributed by atoms with Gasteiger partial charge in [-0.1, -0.05) is 24.3 Å². The molecule has 0 aromatic heterocycles. The Hall–Kier alpha value is -2.89. The standard InChI is InChI=1S/C21H24FNO4/c1-16-6-3-9-19(12-16)26-11-5-10-21(25)27-15-20(24)23(2)14-17-7-4-8-18(22)13-17/h3-4,6-9,12-13H,5,10-11,14-15H2,1-2H3. The number of ether oxygens (including phenoxy) is 2. The van der Waals surface area contributed by atoms with Crippen molar-refractivity contribution >= 4 is 11.9 Å². The second-order valence-corrected chi connectivity index (χ2v) is 6.31. The van der Waals surface area contributed by atoms with Gasteiger partial charge in [0.1, 0.15) is 11.6 Å². The first-order valence-electron chi connectivity index (χ1n) is 8.77. The molecule has 0 aliphatic heterocycles. The molecule has 0 aliphatic rings. The molecule has 0 fully saturated rings. The van der Waals surface area contributed by atoms with Crippen LogP contribution in [0.3, 0.4) is 0 Å². The summed E-state index contributed by atoms with van der Waals surface area (Å²) in [4.78, 5) is 25.1. The third-order valence-electron chi connectivity index (χ3n) is 3.87. The van der Waals surface area contributed by atoms with E-state index in [9.17, 15) is 14.0 Å². The molecule has 0 saturated heterocycles. The number of carbonyl (C=O) groups is 2. The van der Waals surface area contributed by atoms with E-state index in [2.05, 4.69) is 0 Å². The van der Waals surface area contributed by atoms with Crippen LogP contribution in [0.4, 0.5) is 4.39 Å². The van der Waals surface area contributed by atoms with E-state index in [-0.39, 0.29) is 31.3 Å². The first-order valence-corrected chi connectivity index (χ1v) is 8.77. The molecule has 0 unspecified atom stereocenters. The number of carbonyl (C=O) groups excluding carboxylic acids is 2. The zero-order valence-electron chi connectivity index (χ0n) is 15.6. The van der Waals surface area contributed by atoms with Gasteiger partial charge in [0.05, 0.1) is 6.61 Å². The number of hydrogen-bond acceptors (Lipinski definition) is 4. The van der Waals surface area contributed by atoms with Crippen LogP contribution >= 0.6 is 0 Å². The molecule has 6 heteroatoms. The van der Waals surface area contributed by atoms with Gasteiger partial charge in [0, 0.05) is 20.0 Å². The summed E-state index contributed by atoms with van der Waals surface area (Å²) in [5, 5.41) is 0. The highest BCUT2D eigenvalue weighted by Crippen LogP contribution is 2.13. The number of likely N-dealkylation sites (N-methyl/N-ethyl adjacent to an activating group) is 1. The van der Waals surface area contributed by atoms with Crippen molar-refractivity contribution in [1.82, 2.24) is 4.90 Å². The average Bonchev–Trinajstić information content (AvgIpc) is 2.63. The molecule has 1 amide bonds. The Bertz CT molecular complexity index is 778. The maximum absolute atomic E-state index is 13.2. The Kier molecular flexibility index (Phi) is 7.79. The molecule has 0 radical (unpaired) electrons. The first kappa shape index (κ1) is 20.4. The van der Waals surface area contributed by atoms with Crippen molar-refractivity contribution in [2.45, 2.75) is 26.3 Å². The van der Waals surface area contributed by atoms with E-state index < -0.39 is 5.97 Å². The molecule has 0 spiro atoms. The molecule has 0 atom stereocenters. The third-order valence-corrected chi connectivity index (χ3v) is 3.87. The number of nitrogens with zero attached hydrogens (tertiary/aromatic N) is 1. The average molecular weight is 373 g/mol. The Morgan fingerprint density at radius 2 is 1.89 bits per heavy atom. The topological polar surface area (TPSA) is 55.8 Å². The molecule has 0 N–H and O–H groups in total. The van der Waals surface area contributed by atoms with Gasteiger partial charge in [-0.25, -0.2) is 4.39 Å². The van der Waals surface area contributed by atoms with Crippen LogP contribution in [0.5, 0.6) is 5.75 Å². The van der Waals surface area contributed by atoms with Crippen LogP contribution in [-0.4, -0.2) is 37.0 Å². The largest absolute Gasteiger partial charge is 0.494 e. The number of halogens is 1. The fourth-order valence-corrected chi connectivity index (χ4v) is 2.43. The number of aryl methyl sites for hydroxylation is 1. The fourth-order valence-electron chi connectivity index (χ4n) is 2.43. The van der Waals surface area contributed by atoms with Crippen molar-refractivity contribution in [2.75, 3.05) is 20.3 Å². The molecule has 0 saturated carbocycles. The molecule has 2 aromatic rings. The molecular weight excluding hydrogens is 349 g/mol. The van der Waals surface area contributed by atoms with Crippen LogP contribution in [0, 0.1) is 12.7 Å². The fraction of sp³-hybridized carbons (Fsp3) is 0.333. The second kappa shape index (κ2) is 10.3. The number of rotatable bonds is 9. The Morgan fingerprint density at radius 1 is 1.11 bits per heavy atom. The summed E-state index contributed by atoms with van der Waals surface area (Å²) in [6.45, 7) is 2.29. The number of amides is 1. The van der Waals surface area contributed by atoms with Crippen LogP contribution in [0.2, 0.25) is 0 Å². The Labute approximate surface area is 158 Å². The zero-order chi connectivity index (χ0) is 19.6. The first-order chi connectivity index (χ1) is 12.9. The van der Waals surface area contributed by atoms with Crippen LogP contribution in [0.25, 0.3) is 0 Å². The van der Waals surface area contributed by atoms with Gasteiger partial charge in [-0.15, -0.1) is 0 Å². The van der Waals surface area contributed by atoms with E-state index >= 15 is 0 Å². The molecule has 144 valence electrons. The van der Waals surface area contributed by atoms with Gasteiger partial charge in [-0.05, 0) is 48.7 Å². The Balaban J connectivity index is 1.63. The minimum atomic E-state index is -0.449. The lowest BCUT2D eigenvalue weighted by molar-refractivity contribution is -0.151. The van der Waals surface area contributed by atoms with Crippen LogP contribution in [0.1, 0.15) is 24.0 Å². The smallest absolute Gasteiger partial charge is 0.306 e. The Morgan fingerprint density at radius 3 is 2.63 bits per heavy atom. The van der Waals surface area contributed by atoms with Crippen molar-refractivity contribution in [1.29, 1.82) is 0 Å². The summed E-state index contributed by atoms with van der Waals surface area (Å²) < 4.78 is 23.7. The lowest BCUT2D eigenvalue weighted by atomic mass is 10.2. The molecular formula is C21H24FNO4. The van der Waals surface area contributed by atoms with Gasteiger partial charge in [0.25, 0.3) is 5.91 Å². The summed E-state index contributed by atoms with van der Waals surface area (Å²) >= 11 is 0. The zero-order valence-corrected chi connectivity index (χ0v) is 15.6. The van der Waals surface area contributed by atoms with Gasteiger partial charge in [-0.3, -0.25) is 9.59 Å². The predicted molar refractivity (Wildman–Crippen MR) is 99.7 cm³/mol. The minimum Gasteiger partial charge on any atom is -0.494 e. The molecule has 0 aliphatic carbocycles. The highest BCUT2D eigenvalue weighted by molar-refractivity contribution is 5.80. The minimum absolute atomic E-state index is 0.173. The van der Waals surface area contributed by atoms with Crippen LogP contribution in [0.15, 0.2) is 48.5 Å². The SMILES string of the molecule is Cc1cccc(OCCCC(=O)OCC(=O)N(C)Cc2cccc(F)c2)c1. The van der Waals surface area contributed by atoms with Gasteiger partial charge < -0.3 is 14.4 Å². The van der Waals surface area contributed by atoms with E-state index in [0.717, 1.165) is 11.3 Å². The van der Waals surface area contributed by atoms with Crippen molar-refractivity contribution < 1.29 is 23.5 Å². The molecule has 2 rings (SSSR count). The summed E-state index contributed by atoms with van der Waals surface area (Å²) in [7, 11) is 1.58. The second-order valence-electron chi connectivity index (χ2n) is 6.31. The van der Waals surface area contributed by atoms with Crippen molar-refractivity contribution in [3.05, 3.63) is 65.5 Å². The lowest BCUT2D eigenvalue weighted by Crippen LogP contribution is -2.30. The molecule has 0 heterocycles. The highest BCUT2D eigenvalue weighted by atomic mass is 19.1. The molecule has 5 nitrogen and oxygen atoms in total. The normalized spacial score (nSPS) is 10.3. The maximum Gasteiger partial charge on any atom is 0.306 e. The highest BCUT2D eigenvalue weighted by Gasteiger charge is 2.13. The monoisotopic (exact) mass is 373 g/mol. The lowest BCUT2D eigenvalue weighted by Gasteiger charge is -2.17. The van der Waals surface area contributed by atoms with Gasteiger partial charge in [0.2, 0.25) is 0 Å². The number of benzene rings is 2. The predicted octanol–water partition coefficient (Wildman–Crippen LogP) is 3.49. The van der Waals surface area contributed by atoms with Crippen LogP contribution < -0.4 is 4.74 Å². The molecule has 0 bridgehead atoms. The van der Waals surface area contributed by atoms with Crippen molar-refractivity contribution in [2.24, 2.45) is 0 Å². The third kappa shape index (κ3) is 7.48. The van der Waals surface area contributed by atoms with E-state index in [1.165, 1.54) is 17.0 Å². The summed E-state index contributed by atoms with van der Waals surface area (Å²) in [6, 6.07) is 13.7. The van der Waals surface area contributed by atoms with E-state index in [1.54, 1.807) is 19.2 Å². The molecule has 27 heavy (non-hydrogen) atoms. The number of hydrogen-bond donors (Lipinski definition) is 0. The quantitative estimate of drug-likeness (QED) is 0.499. The molecule has 2 aromatic carbocycles. The summed E-state index contributed by atoms with van der Waals surface area (Å²) in [5.74, 6) is -0.385. The summed E-state index contributed by atoms with van der Waals surface area (Å²) in [5.41, 5.74) is 1.78. The van der Waals surface area contributed by atoms with E-state index in [0.29, 0.717) is 18.6 Å². The van der Waals surface area contributed by atoms with Gasteiger partial charge >= 0.3 is 5.97 Å². The van der Waals surface area contributed by atoms with Crippen molar-refractivity contribution in [3.63, 3.8) is 0 Å². The van der Waals surface area contributed by atoms with E-state index in [1.807, 2.05) is 31.2 Å².